The van der Waals surface area contributed by atoms with E-state index in [9.17, 15) is 9.90 Å². The monoisotopic (exact) mass is 358 g/mol. The van der Waals surface area contributed by atoms with Crippen molar-refractivity contribution < 1.29 is 14.6 Å². The molecule has 1 aromatic carbocycles. The molecule has 0 aliphatic heterocycles. The average molecular weight is 359 g/mol. The molecule has 1 atom stereocenters. The highest BCUT2D eigenvalue weighted by Crippen LogP contribution is 2.19. The van der Waals surface area contributed by atoms with Crippen molar-refractivity contribution in [2.45, 2.75) is 71.8 Å². The first-order valence-corrected chi connectivity index (χ1v) is 9.49. The molecule has 0 aliphatic rings. The zero-order valence-corrected chi connectivity index (χ0v) is 16.8. The largest absolute Gasteiger partial charge is 0.465 e. The van der Waals surface area contributed by atoms with Gasteiger partial charge in [-0.25, -0.2) is 0 Å². The predicted octanol–water partition coefficient (Wildman–Crippen LogP) is 5.39. The van der Waals surface area contributed by atoms with Gasteiger partial charge in [0.1, 0.15) is 0 Å². The Bertz CT molecular complexity index is 593. The zero-order chi connectivity index (χ0) is 19.4. The van der Waals surface area contributed by atoms with Crippen LogP contribution in [-0.4, -0.2) is 23.3 Å². The van der Waals surface area contributed by atoms with Crippen molar-refractivity contribution in [3.8, 4) is 0 Å². The highest BCUT2D eigenvalue weighted by molar-refractivity contribution is 5.72. The minimum Gasteiger partial charge on any atom is -0.465 e. The summed E-state index contributed by atoms with van der Waals surface area (Å²) in [6.45, 7) is 8.43. The second kappa shape index (κ2) is 11.7. The number of carbonyl (C=O) groups is 1. The van der Waals surface area contributed by atoms with Gasteiger partial charge in [-0.15, -0.1) is 0 Å². The number of hydrogen-bond donors (Lipinski definition) is 1. The van der Waals surface area contributed by atoms with Crippen LogP contribution in [-0.2, 0) is 16.0 Å². The highest BCUT2D eigenvalue weighted by atomic mass is 16.5. The molecule has 0 saturated carbocycles. The van der Waals surface area contributed by atoms with E-state index in [1.54, 1.807) is 0 Å². The van der Waals surface area contributed by atoms with Crippen molar-refractivity contribution in [3.05, 3.63) is 59.2 Å². The fourth-order valence-corrected chi connectivity index (χ4v) is 2.64. The van der Waals surface area contributed by atoms with Crippen molar-refractivity contribution in [2.75, 3.05) is 6.61 Å². The third-order valence-corrected chi connectivity index (χ3v) is 4.36. The standard InChI is InChI=1S/C23H34O3/c1-19(2)10-8-11-20(3)12-9-15-23(4,25)16-17-26-22(24)18-21-13-6-5-7-14-21/h5-7,10,12-14,25H,8-9,11,15-18H2,1-4H3/b20-12+/t23-/m0/s1. The molecule has 3 nitrogen and oxygen atoms in total. The van der Waals surface area contributed by atoms with Crippen LogP contribution in [0.2, 0.25) is 0 Å². The van der Waals surface area contributed by atoms with Crippen LogP contribution >= 0.6 is 0 Å². The van der Waals surface area contributed by atoms with Gasteiger partial charge in [-0.2, -0.15) is 0 Å². The number of aliphatic hydroxyl groups is 1. The van der Waals surface area contributed by atoms with Gasteiger partial charge in [-0.05, 0) is 58.9 Å². The van der Waals surface area contributed by atoms with E-state index in [1.807, 2.05) is 37.3 Å². The van der Waals surface area contributed by atoms with E-state index >= 15 is 0 Å². The third kappa shape index (κ3) is 10.9. The maximum atomic E-state index is 11.8. The average Bonchev–Trinajstić information content (AvgIpc) is 2.55. The van der Waals surface area contributed by atoms with Gasteiger partial charge in [0.25, 0.3) is 0 Å². The van der Waals surface area contributed by atoms with Gasteiger partial charge >= 0.3 is 5.97 Å². The Balaban J connectivity index is 2.24. The van der Waals surface area contributed by atoms with Gasteiger partial charge in [0, 0.05) is 6.42 Å². The molecule has 0 fully saturated rings. The molecule has 0 aliphatic carbocycles. The molecule has 0 spiro atoms. The van der Waals surface area contributed by atoms with Gasteiger partial charge in [0.15, 0.2) is 0 Å². The fraction of sp³-hybridized carbons (Fsp3) is 0.522. The Morgan fingerprint density at radius 1 is 1.08 bits per heavy atom. The lowest BCUT2D eigenvalue weighted by Gasteiger charge is -2.22. The lowest BCUT2D eigenvalue weighted by atomic mass is 9.95. The van der Waals surface area contributed by atoms with Crippen LogP contribution in [0.1, 0.15) is 65.4 Å². The number of hydrogen-bond acceptors (Lipinski definition) is 3. The van der Waals surface area contributed by atoms with Gasteiger partial charge < -0.3 is 9.84 Å². The van der Waals surface area contributed by atoms with Crippen molar-refractivity contribution >= 4 is 5.97 Å². The quantitative estimate of drug-likeness (QED) is 0.426. The summed E-state index contributed by atoms with van der Waals surface area (Å²) in [5, 5.41) is 10.4. The summed E-state index contributed by atoms with van der Waals surface area (Å²) in [6, 6.07) is 9.54. The van der Waals surface area contributed by atoms with Crippen molar-refractivity contribution in [3.63, 3.8) is 0 Å². The van der Waals surface area contributed by atoms with Gasteiger partial charge in [0.2, 0.25) is 0 Å². The number of benzene rings is 1. The minimum absolute atomic E-state index is 0.248. The Labute approximate surface area is 158 Å². The predicted molar refractivity (Wildman–Crippen MR) is 108 cm³/mol. The highest BCUT2D eigenvalue weighted by Gasteiger charge is 2.20. The molecule has 0 radical (unpaired) electrons. The van der Waals surface area contributed by atoms with Crippen LogP contribution in [0, 0.1) is 0 Å². The molecule has 0 saturated heterocycles. The molecule has 0 aromatic heterocycles. The van der Waals surface area contributed by atoms with E-state index in [1.165, 1.54) is 11.1 Å². The van der Waals surface area contributed by atoms with Crippen molar-refractivity contribution in [1.29, 1.82) is 0 Å². The third-order valence-electron chi connectivity index (χ3n) is 4.36. The van der Waals surface area contributed by atoms with Crippen molar-refractivity contribution in [2.24, 2.45) is 0 Å². The molecule has 3 heteroatoms. The number of esters is 1. The first-order chi connectivity index (χ1) is 12.3. The summed E-state index contributed by atoms with van der Waals surface area (Å²) in [5.41, 5.74) is 2.83. The molecule has 1 N–H and O–H groups in total. The van der Waals surface area contributed by atoms with Crippen LogP contribution in [0.3, 0.4) is 0 Å². The van der Waals surface area contributed by atoms with E-state index in [0.29, 0.717) is 12.8 Å². The number of rotatable bonds is 11. The minimum atomic E-state index is -0.816. The molecule has 0 bridgehead atoms. The molecule has 1 aromatic rings. The Morgan fingerprint density at radius 2 is 1.77 bits per heavy atom. The Morgan fingerprint density at radius 3 is 2.42 bits per heavy atom. The number of ether oxygens (including phenoxy) is 1. The van der Waals surface area contributed by atoms with Crippen LogP contribution in [0.15, 0.2) is 53.6 Å². The fourth-order valence-electron chi connectivity index (χ4n) is 2.64. The summed E-state index contributed by atoms with van der Waals surface area (Å²) in [5.74, 6) is -0.248. The zero-order valence-electron chi connectivity index (χ0n) is 16.8. The van der Waals surface area contributed by atoms with Crippen molar-refractivity contribution in [1.82, 2.24) is 0 Å². The van der Waals surface area contributed by atoms with E-state index in [4.69, 9.17) is 4.74 Å². The topological polar surface area (TPSA) is 46.5 Å². The molecule has 0 unspecified atom stereocenters. The first-order valence-electron chi connectivity index (χ1n) is 9.49. The second-order valence-corrected chi connectivity index (χ2v) is 7.54. The van der Waals surface area contributed by atoms with Crippen LogP contribution in [0.4, 0.5) is 0 Å². The van der Waals surface area contributed by atoms with Gasteiger partial charge in [0.05, 0.1) is 18.6 Å². The van der Waals surface area contributed by atoms with E-state index < -0.39 is 5.60 Å². The number of allylic oxidation sites excluding steroid dienone is 4. The molecule has 144 valence electrons. The molecule has 0 amide bonds. The van der Waals surface area contributed by atoms with Gasteiger partial charge in [-0.3, -0.25) is 4.79 Å². The van der Waals surface area contributed by atoms with Gasteiger partial charge in [-0.1, -0.05) is 53.6 Å². The molecular formula is C23H34O3. The second-order valence-electron chi connectivity index (χ2n) is 7.54. The van der Waals surface area contributed by atoms with Crippen LogP contribution in [0.5, 0.6) is 0 Å². The smallest absolute Gasteiger partial charge is 0.310 e. The molecule has 1 rings (SSSR count). The van der Waals surface area contributed by atoms with E-state index in [-0.39, 0.29) is 19.0 Å². The first kappa shape index (κ1) is 22.2. The summed E-state index contributed by atoms with van der Waals surface area (Å²) < 4.78 is 5.26. The maximum Gasteiger partial charge on any atom is 0.310 e. The molecular weight excluding hydrogens is 324 g/mol. The lowest BCUT2D eigenvalue weighted by molar-refractivity contribution is -0.144. The van der Waals surface area contributed by atoms with Crippen LogP contribution in [0.25, 0.3) is 0 Å². The SMILES string of the molecule is CC(C)=CCC/C(C)=C/CC[C@](C)(O)CCOC(=O)Cc1ccccc1. The molecule has 26 heavy (non-hydrogen) atoms. The van der Waals surface area contributed by atoms with E-state index in [2.05, 4.69) is 32.9 Å². The Kier molecular flexibility index (Phi) is 9.97. The summed E-state index contributed by atoms with van der Waals surface area (Å²) in [4.78, 5) is 11.8. The normalized spacial score (nSPS) is 13.8. The summed E-state index contributed by atoms with van der Waals surface area (Å²) in [6.07, 6.45) is 8.82. The molecule has 0 heterocycles. The number of carbonyl (C=O) groups excluding carboxylic acids is 1. The van der Waals surface area contributed by atoms with Crippen LogP contribution < -0.4 is 0 Å². The summed E-state index contributed by atoms with van der Waals surface area (Å²) >= 11 is 0. The maximum absolute atomic E-state index is 11.8. The Hall–Kier alpha value is -1.87. The van der Waals surface area contributed by atoms with E-state index in [0.717, 1.165) is 24.8 Å². The summed E-state index contributed by atoms with van der Waals surface area (Å²) in [7, 11) is 0. The lowest BCUT2D eigenvalue weighted by Crippen LogP contribution is -2.26.